The zero-order chi connectivity index (χ0) is 24.5. The Hall–Kier alpha value is -4.53. The van der Waals surface area contributed by atoms with Crippen LogP contribution in [0.25, 0.3) is 0 Å². The molecule has 3 N–H and O–H groups in total. The van der Waals surface area contributed by atoms with Crippen molar-refractivity contribution >= 4 is 35.3 Å². The van der Waals surface area contributed by atoms with Crippen molar-refractivity contribution in [2.75, 3.05) is 17.2 Å². The van der Waals surface area contributed by atoms with E-state index < -0.39 is 23.5 Å². The van der Waals surface area contributed by atoms with Gasteiger partial charge in [0.25, 0.3) is 5.91 Å². The average molecular weight is 462 g/mol. The summed E-state index contributed by atoms with van der Waals surface area (Å²) in [7, 11) is 0. The third kappa shape index (κ3) is 6.99. The topological polar surface area (TPSA) is 109 Å². The Morgan fingerprint density at radius 1 is 0.912 bits per heavy atom. The highest BCUT2D eigenvalue weighted by atomic mass is 19.1. The van der Waals surface area contributed by atoms with Crippen LogP contribution in [0.2, 0.25) is 0 Å². The van der Waals surface area contributed by atoms with Gasteiger partial charge < -0.3 is 15.4 Å². The summed E-state index contributed by atoms with van der Waals surface area (Å²) in [5.74, 6) is -2.15. The summed E-state index contributed by atoms with van der Waals surface area (Å²) in [6, 6.07) is 17.6. The van der Waals surface area contributed by atoms with Crippen LogP contribution in [0.4, 0.5) is 15.8 Å². The van der Waals surface area contributed by atoms with Crippen LogP contribution in [0.15, 0.2) is 71.8 Å². The number of hydrogen-bond acceptors (Lipinski definition) is 5. The lowest BCUT2D eigenvalue weighted by Gasteiger charge is -2.10. The van der Waals surface area contributed by atoms with E-state index in [0.29, 0.717) is 22.7 Å². The Balaban J connectivity index is 1.49. The number of amides is 3. The minimum atomic E-state index is -0.913. The number of aryl methyl sites for hydroxylation is 2. The van der Waals surface area contributed by atoms with Crippen molar-refractivity contribution in [3.8, 4) is 5.75 Å². The first-order valence-corrected chi connectivity index (χ1v) is 10.3. The summed E-state index contributed by atoms with van der Waals surface area (Å²) < 4.78 is 18.4. The second-order valence-corrected chi connectivity index (χ2v) is 7.34. The van der Waals surface area contributed by atoms with Gasteiger partial charge in [-0.3, -0.25) is 14.4 Å². The van der Waals surface area contributed by atoms with Crippen molar-refractivity contribution in [2.24, 2.45) is 5.10 Å². The SMILES string of the molecule is Cc1cccc(C)c1NC(=O)C(=O)N/N=C\c1cccc(OCC(=O)Nc2ccc(F)cc2)c1. The molecule has 0 heterocycles. The van der Waals surface area contributed by atoms with E-state index >= 15 is 0 Å². The van der Waals surface area contributed by atoms with Crippen molar-refractivity contribution in [3.05, 3.63) is 89.2 Å². The van der Waals surface area contributed by atoms with Gasteiger partial charge in [-0.05, 0) is 66.9 Å². The molecule has 0 saturated carbocycles. The fourth-order valence-electron chi connectivity index (χ4n) is 2.96. The molecule has 0 fully saturated rings. The molecular weight excluding hydrogens is 439 g/mol. The number of hydrazone groups is 1. The van der Waals surface area contributed by atoms with Crippen LogP contribution in [0.1, 0.15) is 16.7 Å². The maximum atomic E-state index is 12.9. The lowest BCUT2D eigenvalue weighted by Crippen LogP contribution is -2.32. The molecule has 3 aromatic carbocycles. The number of anilines is 2. The van der Waals surface area contributed by atoms with Gasteiger partial charge in [0.05, 0.1) is 6.21 Å². The summed E-state index contributed by atoms with van der Waals surface area (Å²) in [6.45, 7) is 3.41. The maximum Gasteiger partial charge on any atom is 0.329 e. The Kier molecular flexibility index (Phi) is 8.07. The molecule has 0 radical (unpaired) electrons. The zero-order valence-corrected chi connectivity index (χ0v) is 18.6. The van der Waals surface area contributed by atoms with E-state index in [4.69, 9.17) is 4.74 Å². The highest BCUT2D eigenvalue weighted by Gasteiger charge is 2.15. The maximum absolute atomic E-state index is 12.9. The third-order valence-corrected chi connectivity index (χ3v) is 4.66. The van der Waals surface area contributed by atoms with Crippen LogP contribution >= 0.6 is 0 Å². The number of carbonyl (C=O) groups excluding carboxylic acids is 3. The fraction of sp³-hybridized carbons (Fsp3) is 0.120. The second-order valence-electron chi connectivity index (χ2n) is 7.34. The first-order chi connectivity index (χ1) is 16.3. The van der Waals surface area contributed by atoms with E-state index in [-0.39, 0.29) is 6.61 Å². The van der Waals surface area contributed by atoms with Gasteiger partial charge in [-0.25, -0.2) is 9.82 Å². The Morgan fingerprint density at radius 2 is 1.59 bits per heavy atom. The van der Waals surface area contributed by atoms with Gasteiger partial charge in [0.2, 0.25) is 0 Å². The molecule has 0 unspecified atom stereocenters. The lowest BCUT2D eigenvalue weighted by molar-refractivity contribution is -0.136. The minimum Gasteiger partial charge on any atom is -0.484 e. The number of hydrogen-bond donors (Lipinski definition) is 3. The monoisotopic (exact) mass is 462 g/mol. The van der Waals surface area contributed by atoms with E-state index in [1.807, 2.05) is 32.0 Å². The number of halogens is 1. The number of rotatable bonds is 7. The largest absolute Gasteiger partial charge is 0.484 e. The van der Waals surface area contributed by atoms with Crippen molar-refractivity contribution in [1.29, 1.82) is 0 Å². The van der Waals surface area contributed by atoms with Crippen molar-refractivity contribution in [2.45, 2.75) is 13.8 Å². The quantitative estimate of drug-likeness (QED) is 0.283. The predicted molar refractivity (Wildman–Crippen MR) is 127 cm³/mol. The van der Waals surface area contributed by atoms with Gasteiger partial charge in [0.1, 0.15) is 11.6 Å². The first kappa shape index (κ1) is 24.1. The molecule has 3 rings (SSSR count). The molecule has 0 aromatic heterocycles. The van der Waals surface area contributed by atoms with Crippen molar-refractivity contribution in [1.82, 2.24) is 5.43 Å². The fourth-order valence-corrected chi connectivity index (χ4v) is 2.96. The van der Waals surface area contributed by atoms with Crippen LogP contribution in [-0.4, -0.2) is 30.5 Å². The molecule has 0 aliphatic rings. The van der Waals surface area contributed by atoms with E-state index in [0.717, 1.165) is 11.1 Å². The molecular formula is C25H23FN4O4. The molecule has 0 bridgehead atoms. The van der Waals surface area contributed by atoms with Crippen LogP contribution < -0.4 is 20.8 Å². The standard InChI is InChI=1S/C25H23FN4O4/c1-16-5-3-6-17(2)23(16)29-24(32)25(33)30-27-14-18-7-4-8-21(13-18)34-15-22(31)28-20-11-9-19(26)10-12-20/h3-14H,15H2,1-2H3,(H,28,31)(H,29,32)(H,30,33)/b27-14-. The molecule has 0 saturated heterocycles. The molecule has 0 aliphatic carbocycles. The van der Waals surface area contributed by atoms with Gasteiger partial charge in [-0.1, -0.05) is 30.3 Å². The number of benzene rings is 3. The van der Waals surface area contributed by atoms with Gasteiger partial charge >= 0.3 is 11.8 Å². The number of ether oxygens (including phenoxy) is 1. The molecule has 34 heavy (non-hydrogen) atoms. The number of para-hydroxylation sites is 1. The van der Waals surface area contributed by atoms with Crippen LogP contribution in [0.3, 0.4) is 0 Å². The van der Waals surface area contributed by atoms with Crippen LogP contribution in [0, 0.1) is 19.7 Å². The second kappa shape index (κ2) is 11.4. The molecule has 174 valence electrons. The molecule has 0 atom stereocenters. The molecule has 9 heteroatoms. The summed E-state index contributed by atoms with van der Waals surface area (Å²) in [5, 5.41) is 8.97. The number of nitrogens with one attached hydrogen (secondary N) is 3. The highest BCUT2D eigenvalue weighted by molar-refractivity contribution is 6.39. The van der Waals surface area contributed by atoms with E-state index in [1.54, 1.807) is 24.3 Å². The summed E-state index contributed by atoms with van der Waals surface area (Å²) in [4.78, 5) is 36.2. The normalized spacial score (nSPS) is 10.6. The van der Waals surface area contributed by atoms with Gasteiger partial charge in [-0.15, -0.1) is 0 Å². The predicted octanol–water partition coefficient (Wildman–Crippen LogP) is 3.55. The zero-order valence-electron chi connectivity index (χ0n) is 18.6. The summed E-state index contributed by atoms with van der Waals surface area (Å²) in [5.41, 5.74) is 5.47. The first-order valence-electron chi connectivity index (χ1n) is 10.3. The van der Waals surface area contributed by atoms with E-state index in [2.05, 4.69) is 21.2 Å². The number of carbonyl (C=O) groups is 3. The smallest absolute Gasteiger partial charge is 0.329 e. The third-order valence-electron chi connectivity index (χ3n) is 4.66. The number of nitrogens with zero attached hydrogens (tertiary/aromatic N) is 1. The molecule has 8 nitrogen and oxygen atoms in total. The van der Waals surface area contributed by atoms with Gasteiger partial charge in [0.15, 0.2) is 6.61 Å². The van der Waals surface area contributed by atoms with Crippen molar-refractivity contribution < 1.29 is 23.5 Å². The van der Waals surface area contributed by atoms with E-state index in [1.165, 1.54) is 30.5 Å². The highest BCUT2D eigenvalue weighted by Crippen LogP contribution is 2.19. The molecule has 0 aliphatic heterocycles. The van der Waals surface area contributed by atoms with Crippen LogP contribution in [-0.2, 0) is 14.4 Å². The Labute approximate surface area is 195 Å². The Morgan fingerprint density at radius 3 is 2.29 bits per heavy atom. The van der Waals surface area contributed by atoms with Gasteiger partial charge in [0, 0.05) is 11.4 Å². The lowest BCUT2D eigenvalue weighted by atomic mass is 10.1. The van der Waals surface area contributed by atoms with Gasteiger partial charge in [-0.2, -0.15) is 5.10 Å². The molecule has 3 amide bonds. The van der Waals surface area contributed by atoms with E-state index in [9.17, 15) is 18.8 Å². The molecule has 0 spiro atoms. The van der Waals surface area contributed by atoms with Crippen molar-refractivity contribution in [3.63, 3.8) is 0 Å². The average Bonchev–Trinajstić information content (AvgIpc) is 2.82. The summed E-state index contributed by atoms with van der Waals surface area (Å²) in [6.07, 6.45) is 1.34. The van der Waals surface area contributed by atoms with Crippen LogP contribution in [0.5, 0.6) is 5.75 Å². The minimum absolute atomic E-state index is 0.257. The summed E-state index contributed by atoms with van der Waals surface area (Å²) >= 11 is 0. The Bertz CT molecular complexity index is 1210. The molecule has 3 aromatic rings.